The number of halogens is 1. The second kappa shape index (κ2) is 8.98. The van der Waals surface area contributed by atoms with Crippen LogP contribution in [0.2, 0.25) is 0 Å². The monoisotopic (exact) mass is 427 g/mol. The van der Waals surface area contributed by atoms with Gasteiger partial charge in [-0.1, -0.05) is 6.92 Å². The van der Waals surface area contributed by atoms with Crippen molar-refractivity contribution in [2.24, 2.45) is 0 Å². The highest BCUT2D eigenvalue weighted by Crippen LogP contribution is 2.27. The number of hydrogen-bond donors (Lipinski definition) is 0. The number of pyridine rings is 1. The third-order valence-electron chi connectivity index (χ3n) is 5.38. The highest BCUT2D eigenvalue weighted by atomic mass is 32.2. The Morgan fingerprint density at radius 1 is 1.17 bits per heavy atom. The number of nitrogens with zero attached hydrogens (tertiary/aromatic N) is 3. The number of piperidine rings is 1. The average Bonchev–Trinajstić information content (AvgIpc) is 3.12. The van der Waals surface area contributed by atoms with E-state index in [0.717, 1.165) is 48.8 Å². The average molecular weight is 428 g/mol. The molecule has 3 aromatic rings. The first kappa shape index (κ1) is 21.2. The van der Waals surface area contributed by atoms with Gasteiger partial charge in [-0.3, -0.25) is 4.90 Å². The molecule has 4 rings (SSSR count). The van der Waals surface area contributed by atoms with Gasteiger partial charge in [-0.05, 0) is 68.8 Å². The van der Waals surface area contributed by atoms with Crippen molar-refractivity contribution in [2.75, 3.05) is 25.4 Å². The topological polar surface area (TPSA) is 30.3 Å². The number of hydrogen-bond acceptors (Lipinski definition) is 4. The summed E-state index contributed by atoms with van der Waals surface area (Å²) in [6.07, 6.45) is 5.87. The second-order valence-electron chi connectivity index (χ2n) is 8.50. The van der Waals surface area contributed by atoms with E-state index in [1.807, 2.05) is 23.9 Å². The predicted molar refractivity (Wildman–Crippen MR) is 123 cm³/mol. The largest absolute Gasteiger partial charge is 0.489 e. The Kier molecular flexibility index (Phi) is 6.34. The second-order valence-corrected chi connectivity index (χ2v) is 9.84. The lowest BCUT2D eigenvalue weighted by atomic mass is 10.0. The van der Waals surface area contributed by atoms with Gasteiger partial charge in [0.1, 0.15) is 23.3 Å². The van der Waals surface area contributed by atoms with E-state index >= 15 is 0 Å². The van der Waals surface area contributed by atoms with Crippen LogP contribution in [0.4, 0.5) is 4.39 Å². The normalized spacial score (nSPS) is 16.3. The SMILES string of the molecule is CCSc1ccc2c(ccn2-c2ccc(OC3CCN(CC(C)(C)F)CC3)cn2)c1. The van der Waals surface area contributed by atoms with E-state index in [1.165, 1.54) is 10.3 Å². The van der Waals surface area contributed by atoms with Crippen LogP contribution < -0.4 is 4.74 Å². The van der Waals surface area contributed by atoms with Crippen LogP contribution in [0.25, 0.3) is 16.7 Å². The number of likely N-dealkylation sites (tertiary alicyclic amines) is 1. The first-order valence-electron chi connectivity index (χ1n) is 10.7. The van der Waals surface area contributed by atoms with E-state index in [0.29, 0.717) is 6.54 Å². The van der Waals surface area contributed by atoms with Crippen LogP contribution in [0.1, 0.15) is 33.6 Å². The minimum atomic E-state index is -1.15. The smallest absolute Gasteiger partial charge is 0.138 e. The van der Waals surface area contributed by atoms with Crippen molar-refractivity contribution in [3.63, 3.8) is 0 Å². The Morgan fingerprint density at radius 3 is 2.63 bits per heavy atom. The minimum absolute atomic E-state index is 0.165. The summed E-state index contributed by atoms with van der Waals surface area (Å²) in [5, 5.41) is 1.22. The van der Waals surface area contributed by atoms with Gasteiger partial charge in [0.05, 0.1) is 11.7 Å². The predicted octanol–water partition coefficient (Wildman–Crippen LogP) is 5.73. The molecule has 0 N–H and O–H groups in total. The van der Waals surface area contributed by atoms with E-state index in [2.05, 4.69) is 51.8 Å². The molecule has 3 heterocycles. The highest BCUT2D eigenvalue weighted by Gasteiger charge is 2.26. The molecule has 0 aliphatic carbocycles. The van der Waals surface area contributed by atoms with Gasteiger partial charge in [0.25, 0.3) is 0 Å². The quantitative estimate of drug-likeness (QED) is 0.451. The lowest BCUT2D eigenvalue weighted by Crippen LogP contribution is -2.43. The summed E-state index contributed by atoms with van der Waals surface area (Å²) < 4.78 is 22.1. The van der Waals surface area contributed by atoms with Crippen LogP contribution in [-0.2, 0) is 0 Å². The van der Waals surface area contributed by atoms with Crippen LogP contribution in [0.3, 0.4) is 0 Å². The summed E-state index contributed by atoms with van der Waals surface area (Å²) in [5.74, 6) is 2.75. The van der Waals surface area contributed by atoms with Crippen LogP contribution in [0.15, 0.2) is 53.7 Å². The molecule has 2 aromatic heterocycles. The van der Waals surface area contributed by atoms with Crippen molar-refractivity contribution in [3.8, 4) is 11.6 Å². The van der Waals surface area contributed by atoms with Gasteiger partial charge in [-0.2, -0.15) is 0 Å². The van der Waals surface area contributed by atoms with Gasteiger partial charge in [0.15, 0.2) is 0 Å². The van der Waals surface area contributed by atoms with Crippen molar-refractivity contribution in [1.82, 2.24) is 14.5 Å². The van der Waals surface area contributed by atoms with Crippen molar-refractivity contribution >= 4 is 22.7 Å². The Bertz CT molecular complexity index is 972. The van der Waals surface area contributed by atoms with Crippen molar-refractivity contribution in [2.45, 2.75) is 50.3 Å². The summed E-state index contributed by atoms with van der Waals surface area (Å²) in [6, 6.07) is 12.7. The molecule has 160 valence electrons. The fourth-order valence-electron chi connectivity index (χ4n) is 4.07. The summed E-state index contributed by atoms with van der Waals surface area (Å²) >= 11 is 1.85. The Morgan fingerprint density at radius 2 is 1.97 bits per heavy atom. The molecule has 1 aromatic carbocycles. The van der Waals surface area contributed by atoms with E-state index < -0.39 is 5.67 Å². The van der Waals surface area contributed by atoms with Crippen molar-refractivity contribution in [3.05, 3.63) is 48.8 Å². The molecule has 0 saturated carbocycles. The number of thioether (sulfide) groups is 1. The highest BCUT2D eigenvalue weighted by molar-refractivity contribution is 7.99. The molecule has 0 radical (unpaired) electrons. The van der Waals surface area contributed by atoms with Crippen LogP contribution in [0.5, 0.6) is 5.75 Å². The molecule has 0 unspecified atom stereocenters. The number of aromatic nitrogens is 2. The third-order valence-corrected chi connectivity index (χ3v) is 6.25. The number of ether oxygens (including phenoxy) is 1. The van der Waals surface area contributed by atoms with Crippen molar-refractivity contribution < 1.29 is 9.13 Å². The Hall–Kier alpha value is -2.05. The van der Waals surface area contributed by atoms with E-state index in [9.17, 15) is 4.39 Å². The molecule has 30 heavy (non-hydrogen) atoms. The van der Waals surface area contributed by atoms with Gasteiger partial charge in [0.2, 0.25) is 0 Å². The zero-order valence-corrected chi connectivity index (χ0v) is 18.8. The maximum Gasteiger partial charge on any atom is 0.138 e. The Labute approximate surface area is 182 Å². The molecule has 6 heteroatoms. The molecular weight excluding hydrogens is 397 g/mol. The summed E-state index contributed by atoms with van der Waals surface area (Å²) in [5.41, 5.74) is 0.00623. The first-order valence-corrected chi connectivity index (χ1v) is 11.7. The van der Waals surface area contributed by atoms with Gasteiger partial charge in [0, 0.05) is 36.1 Å². The van der Waals surface area contributed by atoms with Gasteiger partial charge < -0.3 is 9.30 Å². The summed E-state index contributed by atoms with van der Waals surface area (Å²) in [4.78, 5) is 8.11. The van der Waals surface area contributed by atoms with Gasteiger partial charge in [-0.15, -0.1) is 11.8 Å². The zero-order valence-electron chi connectivity index (χ0n) is 18.0. The van der Waals surface area contributed by atoms with E-state index in [-0.39, 0.29) is 6.10 Å². The third kappa shape index (κ3) is 5.16. The zero-order chi connectivity index (χ0) is 21.1. The van der Waals surface area contributed by atoms with Gasteiger partial charge in [-0.25, -0.2) is 9.37 Å². The lowest BCUT2D eigenvalue weighted by Gasteiger charge is -2.34. The van der Waals surface area contributed by atoms with E-state index in [1.54, 1.807) is 20.0 Å². The van der Waals surface area contributed by atoms with Crippen LogP contribution >= 0.6 is 11.8 Å². The Balaban J connectivity index is 1.39. The van der Waals surface area contributed by atoms with E-state index in [4.69, 9.17) is 4.74 Å². The first-order chi connectivity index (χ1) is 14.4. The maximum atomic E-state index is 13.8. The summed E-state index contributed by atoms with van der Waals surface area (Å²) in [7, 11) is 0. The standard InChI is InChI=1S/C24H30FN3OS/c1-4-30-21-6-7-22-18(15-21)9-14-28(22)23-8-5-20(16-26-23)29-19-10-12-27(13-11-19)17-24(2,3)25/h5-9,14-16,19H,4,10-13,17H2,1-3H3. The van der Waals surface area contributed by atoms with Gasteiger partial charge >= 0.3 is 0 Å². The number of alkyl halides is 1. The fourth-order valence-corrected chi connectivity index (χ4v) is 4.78. The molecule has 0 amide bonds. The number of fused-ring (bicyclic) bond motifs is 1. The molecule has 0 atom stereocenters. The lowest BCUT2D eigenvalue weighted by molar-refractivity contribution is 0.0627. The molecule has 1 aliphatic rings. The molecular formula is C24H30FN3OS. The van der Waals surface area contributed by atoms with Crippen LogP contribution in [-0.4, -0.2) is 51.6 Å². The molecule has 1 fully saturated rings. The minimum Gasteiger partial charge on any atom is -0.489 e. The number of rotatable bonds is 7. The molecule has 4 nitrogen and oxygen atoms in total. The number of benzene rings is 1. The molecule has 1 aliphatic heterocycles. The molecule has 1 saturated heterocycles. The molecule has 0 bridgehead atoms. The van der Waals surface area contributed by atoms with Crippen LogP contribution in [0, 0.1) is 0 Å². The molecule has 0 spiro atoms. The fraction of sp³-hybridized carbons (Fsp3) is 0.458. The summed E-state index contributed by atoms with van der Waals surface area (Å²) in [6.45, 7) is 7.68. The maximum absolute atomic E-state index is 13.8. The van der Waals surface area contributed by atoms with Crippen molar-refractivity contribution in [1.29, 1.82) is 0 Å².